The summed E-state index contributed by atoms with van der Waals surface area (Å²) in [6.45, 7) is 2.03. The zero-order valence-corrected chi connectivity index (χ0v) is 18.4. The van der Waals surface area contributed by atoms with E-state index in [1.807, 2.05) is 24.3 Å². The molecule has 174 valence electrons. The summed E-state index contributed by atoms with van der Waals surface area (Å²) in [5.41, 5.74) is 2.39. The summed E-state index contributed by atoms with van der Waals surface area (Å²) < 4.78 is 44.1. The van der Waals surface area contributed by atoms with Crippen molar-refractivity contribution in [2.75, 3.05) is 16.8 Å². The first-order chi connectivity index (χ1) is 16.4. The van der Waals surface area contributed by atoms with Crippen LogP contribution < -0.4 is 10.2 Å². The molecule has 1 saturated heterocycles. The fourth-order valence-electron chi connectivity index (χ4n) is 4.30. The van der Waals surface area contributed by atoms with Gasteiger partial charge in [-0.25, -0.2) is 22.7 Å². The number of carbonyl (C=O) groups is 1. The van der Waals surface area contributed by atoms with E-state index in [0.29, 0.717) is 11.5 Å². The summed E-state index contributed by atoms with van der Waals surface area (Å²) >= 11 is 0. The number of carbonyl (C=O) groups excluding carboxylic acids is 1. The summed E-state index contributed by atoms with van der Waals surface area (Å²) in [5, 5.41) is 7.02. The highest BCUT2D eigenvalue weighted by atomic mass is 19.1. The SMILES string of the molecule is CCc1ccc(NC(=O)c2cnn3ccc(N4C[C@@H](F)C[C@@H]4c4cc(F)ccc4F)nc23)cc1. The fourth-order valence-corrected chi connectivity index (χ4v) is 4.30. The molecule has 0 saturated carbocycles. The molecule has 4 aromatic rings. The number of amides is 1. The topological polar surface area (TPSA) is 62.5 Å². The van der Waals surface area contributed by atoms with Crippen molar-refractivity contribution in [3.8, 4) is 0 Å². The second-order valence-corrected chi connectivity index (χ2v) is 8.28. The van der Waals surface area contributed by atoms with Gasteiger partial charge < -0.3 is 10.2 Å². The van der Waals surface area contributed by atoms with E-state index in [4.69, 9.17) is 0 Å². The van der Waals surface area contributed by atoms with Gasteiger partial charge >= 0.3 is 0 Å². The number of benzene rings is 2. The van der Waals surface area contributed by atoms with Gasteiger partial charge in [0.1, 0.15) is 29.2 Å². The van der Waals surface area contributed by atoms with Crippen LogP contribution in [-0.4, -0.2) is 33.2 Å². The van der Waals surface area contributed by atoms with Gasteiger partial charge in [0, 0.05) is 23.9 Å². The van der Waals surface area contributed by atoms with Gasteiger partial charge in [0.15, 0.2) is 5.65 Å². The highest BCUT2D eigenvalue weighted by Crippen LogP contribution is 2.38. The first kappa shape index (κ1) is 21.9. The van der Waals surface area contributed by atoms with Crippen molar-refractivity contribution < 1.29 is 18.0 Å². The molecule has 1 aliphatic heterocycles. The predicted molar refractivity (Wildman–Crippen MR) is 123 cm³/mol. The van der Waals surface area contributed by atoms with Gasteiger partial charge in [-0.2, -0.15) is 5.10 Å². The van der Waals surface area contributed by atoms with Crippen LogP contribution in [0.5, 0.6) is 0 Å². The maximum Gasteiger partial charge on any atom is 0.261 e. The minimum Gasteiger partial charge on any atom is -0.346 e. The summed E-state index contributed by atoms with van der Waals surface area (Å²) in [4.78, 5) is 19.1. The number of hydrogen-bond donors (Lipinski definition) is 1. The molecule has 0 unspecified atom stereocenters. The van der Waals surface area contributed by atoms with Crippen LogP contribution in [0.15, 0.2) is 60.9 Å². The lowest BCUT2D eigenvalue weighted by Crippen LogP contribution is -2.25. The molecule has 1 amide bonds. The maximum absolute atomic E-state index is 14.5. The van der Waals surface area contributed by atoms with Gasteiger partial charge in [-0.05, 0) is 48.4 Å². The maximum atomic E-state index is 14.5. The number of nitrogens with one attached hydrogen (secondary N) is 1. The lowest BCUT2D eigenvalue weighted by Gasteiger charge is -2.26. The zero-order chi connectivity index (χ0) is 23.8. The summed E-state index contributed by atoms with van der Waals surface area (Å²) in [6.07, 6.45) is 2.69. The molecule has 0 aliphatic carbocycles. The van der Waals surface area contributed by atoms with Crippen molar-refractivity contribution in [3.05, 3.63) is 89.2 Å². The van der Waals surface area contributed by atoms with Gasteiger partial charge in [0.25, 0.3) is 5.91 Å². The third-order valence-electron chi connectivity index (χ3n) is 6.08. The van der Waals surface area contributed by atoms with Gasteiger partial charge in [-0.15, -0.1) is 0 Å². The molecule has 2 atom stereocenters. The molecule has 6 nitrogen and oxygen atoms in total. The van der Waals surface area contributed by atoms with Crippen LogP contribution in [-0.2, 0) is 6.42 Å². The Kier molecular flexibility index (Phi) is 5.69. The summed E-state index contributed by atoms with van der Waals surface area (Å²) in [6, 6.07) is 11.6. The number of aromatic nitrogens is 3. The van der Waals surface area contributed by atoms with Crippen LogP contribution in [0.2, 0.25) is 0 Å². The lowest BCUT2D eigenvalue weighted by molar-refractivity contribution is 0.102. The number of aryl methyl sites for hydroxylation is 1. The molecule has 1 fully saturated rings. The number of nitrogens with zero attached hydrogens (tertiary/aromatic N) is 4. The van der Waals surface area contributed by atoms with Crippen LogP contribution in [0.25, 0.3) is 5.65 Å². The molecule has 0 radical (unpaired) electrons. The Morgan fingerprint density at radius 3 is 2.71 bits per heavy atom. The van der Waals surface area contributed by atoms with Crippen molar-refractivity contribution in [2.45, 2.75) is 32.0 Å². The molecule has 9 heteroatoms. The van der Waals surface area contributed by atoms with E-state index in [1.54, 1.807) is 17.2 Å². The van der Waals surface area contributed by atoms with E-state index in [1.165, 1.54) is 10.7 Å². The highest BCUT2D eigenvalue weighted by Gasteiger charge is 2.36. The largest absolute Gasteiger partial charge is 0.346 e. The molecule has 34 heavy (non-hydrogen) atoms. The summed E-state index contributed by atoms with van der Waals surface area (Å²) in [7, 11) is 0. The van der Waals surface area contributed by atoms with Crippen LogP contribution in [0.3, 0.4) is 0 Å². The molecule has 2 aromatic heterocycles. The number of halogens is 3. The predicted octanol–water partition coefficient (Wildman–Crippen LogP) is 5.11. The fraction of sp³-hybridized carbons (Fsp3) is 0.240. The third kappa shape index (κ3) is 4.09. The lowest BCUT2D eigenvalue weighted by atomic mass is 10.0. The number of alkyl halides is 1. The van der Waals surface area contributed by atoms with Crippen molar-refractivity contribution in [1.29, 1.82) is 0 Å². The minimum absolute atomic E-state index is 0.00753. The highest BCUT2D eigenvalue weighted by molar-refractivity contribution is 6.08. The normalized spacial score (nSPS) is 17.9. The molecule has 2 aromatic carbocycles. The summed E-state index contributed by atoms with van der Waals surface area (Å²) in [5.74, 6) is -1.24. The quantitative estimate of drug-likeness (QED) is 0.445. The van der Waals surface area contributed by atoms with Crippen LogP contribution in [0.1, 0.15) is 40.9 Å². The van der Waals surface area contributed by atoms with Gasteiger partial charge in [-0.1, -0.05) is 19.1 Å². The number of rotatable bonds is 5. The van der Waals surface area contributed by atoms with Crippen molar-refractivity contribution >= 4 is 23.1 Å². The Balaban J connectivity index is 1.47. The van der Waals surface area contributed by atoms with Crippen molar-refractivity contribution in [3.63, 3.8) is 0 Å². The minimum atomic E-state index is -1.23. The molecule has 1 N–H and O–H groups in total. The Morgan fingerprint density at radius 1 is 1.15 bits per heavy atom. The zero-order valence-electron chi connectivity index (χ0n) is 18.4. The number of fused-ring (bicyclic) bond motifs is 1. The third-order valence-corrected chi connectivity index (χ3v) is 6.08. The van der Waals surface area contributed by atoms with Gasteiger partial charge in [-0.3, -0.25) is 4.79 Å². The van der Waals surface area contributed by atoms with E-state index in [-0.39, 0.29) is 35.6 Å². The average molecular weight is 465 g/mol. The van der Waals surface area contributed by atoms with Crippen LogP contribution in [0, 0.1) is 11.6 Å². The molecular weight excluding hydrogens is 443 g/mol. The van der Waals surface area contributed by atoms with Crippen LogP contribution >= 0.6 is 0 Å². The van der Waals surface area contributed by atoms with E-state index in [2.05, 4.69) is 22.3 Å². The molecule has 0 spiro atoms. The first-order valence-electron chi connectivity index (χ1n) is 11.0. The van der Waals surface area contributed by atoms with Gasteiger partial charge in [0.2, 0.25) is 0 Å². The Hall–Kier alpha value is -3.88. The Labute approximate surface area is 194 Å². The van der Waals surface area contributed by atoms with Crippen LogP contribution in [0.4, 0.5) is 24.7 Å². The molecule has 0 bridgehead atoms. The molecule has 1 aliphatic rings. The first-order valence-corrected chi connectivity index (χ1v) is 11.0. The average Bonchev–Trinajstić information content (AvgIpc) is 3.44. The van der Waals surface area contributed by atoms with Crippen molar-refractivity contribution in [1.82, 2.24) is 14.6 Å². The van der Waals surface area contributed by atoms with E-state index in [9.17, 15) is 18.0 Å². The van der Waals surface area contributed by atoms with E-state index < -0.39 is 23.8 Å². The van der Waals surface area contributed by atoms with E-state index >= 15 is 0 Å². The number of hydrogen-bond acceptors (Lipinski definition) is 4. The van der Waals surface area contributed by atoms with Gasteiger partial charge in [0.05, 0.1) is 18.8 Å². The molecular formula is C25H22F3N5O. The Bertz CT molecular complexity index is 1350. The second-order valence-electron chi connectivity index (χ2n) is 8.28. The smallest absolute Gasteiger partial charge is 0.261 e. The standard InChI is InChI=1S/C25H22F3N5O/c1-2-15-3-6-18(7-4-15)30-25(34)20-13-29-33-10-9-23(31-24(20)33)32-14-17(27)12-22(32)19-11-16(26)5-8-21(19)28/h3-11,13,17,22H,2,12,14H2,1H3,(H,30,34)/t17-,22+/m0/s1. The molecule has 5 rings (SSSR count). The monoisotopic (exact) mass is 465 g/mol. The van der Waals surface area contributed by atoms with Crippen molar-refractivity contribution in [2.24, 2.45) is 0 Å². The Morgan fingerprint density at radius 2 is 1.94 bits per heavy atom. The number of anilines is 2. The molecule has 3 heterocycles. The van der Waals surface area contributed by atoms with E-state index in [0.717, 1.165) is 30.2 Å². The second kappa shape index (κ2) is 8.81.